The van der Waals surface area contributed by atoms with E-state index in [1.807, 2.05) is 38.1 Å². The van der Waals surface area contributed by atoms with Crippen molar-refractivity contribution < 1.29 is 9.53 Å². The monoisotopic (exact) mass is 425 g/mol. The lowest BCUT2D eigenvalue weighted by Crippen LogP contribution is -2.38. The molecule has 4 rings (SSSR count). The van der Waals surface area contributed by atoms with Gasteiger partial charge in [0, 0.05) is 16.5 Å². The van der Waals surface area contributed by atoms with Crippen molar-refractivity contribution >= 4 is 27.5 Å². The van der Waals surface area contributed by atoms with E-state index < -0.39 is 0 Å². The predicted octanol–water partition coefficient (Wildman–Crippen LogP) is 4.20. The molecule has 1 amide bonds. The van der Waals surface area contributed by atoms with Crippen molar-refractivity contribution in [3.63, 3.8) is 0 Å². The van der Waals surface area contributed by atoms with E-state index in [1.54, 1.807) is 6.92 Å². The van der Waals surface area contributed by atoms with Gasteiger partial charge in [0.2, 0.25) is 5.91 Å². The Labute approximate surface area is 179 Å². The molecule has 1 saturated carbocycles. The standard InChI is InChI=1S/C23H27N3O3S/c1-4-29-18-11-9-16(10-12-18)20-14(2)30-22-21(20)23(28)26(15(3)24-22)13-19(27)25-17-7-5-6-8-17/h9-12,17H,4-8,13H2,1-3H3,(H,25,27). The summed E-state index contributed by atoms with van der Waals surface area (Å²) in [6, 6.07) is 7.99. The fourth-order valence-corrected chi connectivity index (χ4v) is 5.28. The smallest absolute Gasteiger partial charge is 0.263 e. The number of nitrogens with one attached hydrogen (secondary N) is 1. The number of nitrogens with zero attached hydrogens (tertiary/aromatic N) is 2. The second-order valence-electron chi connectivity index (χ2n) is 7.77. The van der Waals surface area contributed by atoms with Crippen molar-refractivity contribution in [1.82, 2.24) is 14.9 Å². The average Bonchev–Trinajstić information content (AvgIpc) is 3.33. The molecular weight excluding hydrogens is 398 g/mol. The lowest BCUT2D eigenvalue weighted by Gasteiger charge is -2.14. The highest BCUT2D eigenvalue weighted by Gasteiger charge is 2.21. The van der Waals surface area contributed by atoms with Crippen LogP contribution < -0.4 is 15.6 Å². The molecule has 0 spiro atoms. The SMILES string of the molecule is CCOc1ccc(-c2c(C)sc3nc(C)n(CC(=O)NC4CCCC4)c(=O)c23)cc1. The molecular formula is C23H27N3O3S. The number of thiophene rings is 1. The Balaban J connectivity index is 1.72. The number of aryl methyl sites for hydroxylation is 2. The zero-order valence-electron chi connectivity index (χ0n) is 17.7. The Morgan fingerprint density at radius 3 is 2.60 bits per heavy atom. The normalized spacial score (nSPS) is 14.4. The quantitative estimate of drug-likeness (QED) is 0.642. The molecule has 1 aliphatic carbocycles. The number of ether oxygens (including phenoxy) is 1. The summed E-state index contributed by atoms with van der Waals surface area (Å²) in [5, 5.41) is 3.65. The molecule has 3 aromatic rings. The predicted molar refractivity (Wildman–Crippen MR) is 120 cm³/mol. The molecule has 1 N–H and O–H groups in total. The van der Waals surface area contributed by atoms with Gasteiger partial charge in [0.05, 0.1) is 12.0 Å². The van der Waals surface area contributed by atoms with Crippen LogP contribution >= 0.6 is 11.3 Å². The number of carbonyl (C=O) groups excluding carboxylic acids is 1. The molecule has 0 aliphatic heterocycles. The lowest BCUT2D eigenvalue weighted by atomic mass is 10.0. The van der Waals surface area contributed by atoms with Crippen molar-refractivity contribution in [2.75, 3.05) is 6.61 Å². The second kappa shape index (κ2) is 8.60. The molecule has 0 unspecified atom stereocenters. The molecule has 2 heterocycles. The number of hydrogen-bond donors (Lipinski definition) is 1. The van der Waals surface area contributed by atoms with E-state index in [4.69, 9.17) is 4.74 Å². The highest BCUT2D eigenvalue weighted by atomic mass is 32.1. The van der Waals surface area contributed by atoms with Gasteiger partial charge in [-0.1, -0.05) is 25.0 Å². The van der Waals surface area contributed by atoms with E-state index >= 15 is 0 Å². The van der Waals surface area contributed by atoms with Crippen LogP contribution in [0.25, 0.3) is 21.3 Å². The van der Waals surface area contributed by atoms with Gasteiger partial charge in [-0.25, -0.2) is 4.98 Å². The highest BCUT2D eigenvalue weighted by Crippen LogP contribution is 2.36. The number of carbonyl (C=O) groups is 1. The largest absolute Gasteiger partial charge is 0.494 e. The molecule has 30 heavy (non-hydrogen) atoms. The minimum Gasteiger partial charge on any atom is -0.494 e. The average molecular weight is 426 g/mol. The van der Waals surface area contributed by atoms with Gasteiger partial charge in [-0.3, -0.25) is 14.2 Å². The molecule has 1 aromatic carbocycles. The number of rotatable bonds is 6. The molecule has 6 nitrogen and oxygen atoms in total. The van der Waals surface area contributed by atoms with Crippen molar-refractivity contribution in [1.29, 1.82) is 0 Å². The third-order valence-corrected chi connectivity index (χ3v) is 6.65. The van der Waals surface area contributed by atoms with E-state index in [1.165, 1.54) is 15.9 Å². The molecule has 0 radical (unpaired) electrons. The summed E-state index contributed by atoms with van der Waals surface area (Å²) in [7, 11) is 0. The molecule has 0 atom stereocenters. The van der Waals surface area contributed by atoms with E-state index in [2.05, 4.69) is 10.3 Å². The molecule has 1 fully saturated rings. The van der Waals surface area contributed by atoms with Crippen LogP contribution in [-0.2, 0) is 11.3 Å². The van der Waals surface area contributed by atoms with Crippen LogP contribution in [0.4, 0.5) is 0 Å². The first-order valence-electron chi connectivity index (χ1n) is 10.5. The van der Waals surface area contributed by atoms with E-state index in [9.17, 15) is 9.59 Å². The van der Waals surface area contributed by atoms with Crippen LogP contribution in [0.1, 0.15) is 43.3 Å². The fourth-order valence-electron chi connectivity index (χ4n) is 4.20. The topological polar surface area (TPSA) is 73.2 Å². The van der Waals surface area contributed by atoms with Gasteiger partial charge in [-0.05, 0) is 51.3 Å². The van der Waals surface area contributed by atoms with Crippen LogP contribution in [0.5, 0.6) is 5.75 Å². The first kappa shape index (κ1) is 20.6. The Kier molecular flexibility index (Phi) is 5.90. The lowest BCUT2D eigenvalue weighted by molar-refractivity contribution is -0.122. The maximum Gasteiger partial charge on any atom is 0.263 e. The van der Waals surface area contributed by atoms with Crippen LogP contribution in [0, 0.1) is 13.8 Å². The summed E-state index contributed by atoms with van der Waals surface area (Å²) in [5.74, 6) is 1.24. The number of hydrogen-bond acceptors (Lipinski definition) is 5. The zero-order chi connectivity index (χ0) is 21.3. The van der Waals surface area contributed by atoms with Gasteiger partial charge >= 0.3 is 0 Å². The minimum atomic E-state index is -0.160. The van der Waals surface area contributed by atoms with Gasteiger partial charge < -0.3 is 10.1 Å². The molecule has 158 valence electrons. The third kappa shape index (κ3) is 3.99. The minimum absolute atomic E-state index is 0.00171. The maximum atomic E-state index is 13.4. The van der Waals surface area contributed by atoms with Gasteiger partial charge in [-0.2, -0.15) is 0 Å². The van der Waals surface area contributed by atoms with Crippen LogP contribution in [-0.4, -0.2) is 28.1 Å². The molecule has 7 heteroatoms. The summed E-state index contributed by atoms with van der Waals surface area (Å²) >= 11 is 1.51. The van der Waals surface area contributed by atoms with Gasteiger partial charge in [0.1, 0.15) is 22.9 Å². The van der Waals surface area contributed by atoms with Gasteiger partial charge in [0.15, 0.2) is 0 Å². The summed E-state index contributed by atoms with van der Waals surface area (Å²) in [5.41, 5.74) is 1.68. The zero-order valence-corrected chi connectivity index (χ0v) is 18.5. The summed E-state index contributed by atoms with van der Waals surface area (Å²) in [6.45, 7) is 6.35. The van der Waals surface area contributed by atoms with E-state index in [0.717, 1.165) is 47.4 Å². The number of benzene rings is 1. The van der Waals surface area contributed by atoms with Crippen molar-refractivity contribution in [3.8, 4) is 16.9 Å². The van der Waals surface area contributed by atoms with Crippen LogP contribution in [0.3, 0.4) is 0 Å². The van der Waals surface area contributed by atoms with Crippen molar-refractivity contribution in [2.45, 2.75) is 59.0 Å². The molecule has 2 aromatic heterocycles. The first-order valence-corrected chi connectivity index (χ1v) is 11.3. The highest BCUT2D eigenvalue weighted by molar-refractivity contribution is 7.19. The number of aromatic nitrogens is 2. The molecule has 1 aliphatic rings. The Morgan fingerprint density at radius 1 is 1.23 bits per heavy atom. The van der Waals surface area contributed by atoms with Gasteiger partial charge in [0.25, 0.3) is 5.56 Å². The van der Waals surface area contributed by atoms with Crippen molar-refractivity contribution in [3.05, 3.63) is 45.3 Å². The number of amides is 1. The van der Waals surface area contributed by atoms with E-state index in [-0.39, 0.29) is 24.1 Å². The molecule has 0 bridgehead atoms. The Morgan fingerprint density at radius 2 is 1.93 bits per heavy atom. The van der Waals surface area contributed by atoms with E-state index in [0.29, 0.717) is 22.6 Å². The van der Waals surface area contributed by atoms with Crippen LogP contribution in [0.15, 0.2) is 29.1 Å². The number of fused-ring (bicyclic) bond motifs is 1. The summed E-state index contributed by atoms with van der Waals surface area (Å²) < 4.78 is 7.03. The molecule has 0 saturated heterocycles. The van der Waals surface area contributed by atoms with Crippen molar-refractivity contribution in [2.24, 2.45) is 0 Å². The summed E-state index contributed by atoms with van der Waals surface area (Å²) in [6.07, 6.45) is 4.33. The second-order valence-corrected chi connectivity index (χ2v) is 8.97. The first-order chi connectivity index (χ1) is 14.5. The fraction of sp³-hybridized carbons (Fsp3) is 0.435. The maximum absolute atomic E-state index is 13.4. The Hall–Kier alpha value is -2.67. The third-order valence-electron chi connectivity index (χ3n) is 5.65. The van der Waals surface area contributed by atoms with Gasteiger partial charge in [-0.15, -0.1) is 11.3 Å². The Bertz CT molecular complexity index is 1130. The summed E-state index contributed by atoms with van der Waals surface area (Å²) in [4.78, 5) is 32.4. The van der Waals surface area contributed by atoms with Crippen LogP contribution in [0.2, 0.25) is 0 Å².